The van der Waals surface area contributed by atoms with E-state index in [2.05, 4.69) is 0 Å². The fourth-order valence-corrected chi connectivity index (χ4v) is 3.39. The highest BCUT2D eigenvalue weighted by Gasteiger charge is 2.27. The third-order valence-electron chi connectivity index (χ3n) is 4.82. The van der Waals surface area contributed by atoms with Crippen LogP contribution in [-0.4, -0.2) is 21.6 Å². The molecule has 0 aliphatic carbocycles. The van der Waals surface area contributed by atoms with E-state index in [1.165, 1.54) is 13.0 Å². The Morgan fingerprint density at radius 2 is 1.66 bits per heavy atom. The minimum absolute atomic E-state index is 0.0324. The Balaban J connectivity index is 2.08. The lowest BCUT2D eigenvalue weighted by Crippen LogP contribution is -2.23. The first kappa shape index (κ1) is 22.8. The molecule has 1 N–H and O–H groups in total. The first-order chi connectivity index (χ1) is 15.5. The van der Waals surface area contributed by atoms with Crippen LogP contribution in [0.3, 0.4) is 0 Å². The van der Waals surface area contributed by atoms with Crippen molar-refractivity contribution in [3.05, 3.63) is 100.0 Å². The van der Waals surface area contributed by atoms with E-state index < -0.39 is 18.0 Å². The Morgan fingerprint density at radius 3 is 2.28 bits per heavy atom. The molecule has 0 amide bonds. The largest absolute Gasteiger partial charge is 0.483 e. The maximum Gasteiger partial charge on any atom is 0.303 e. The highest BCUT2D eigenvalue weighted by atomic mass is 16.5. The van der Waals surface area contributed by atoms with E-state index in [0.717, 1.165) is 5.56 Å². The molecular weight excluding hydrogens is 410 g/mol. The van der Waals surface area contributed by atoms with Crippen LogP contribution in [0, 0.1) is 0 Å². The Kier molecular flexibility index (Phi) is 7.80. The fraction of sp³-hybridized carbons (Fsp3) is 0.240. The molecule has 0 aliphatic rings. The van der Waals surface area contributed by atoms with Crippen LogP contribution in [0.5, 0.6) is 5.75 Å². The number of carbonyl (C=O) groups excluding carboxylic acids is 1. The van der Waals surface area contributed by atoms with E-state index in [1.807, 2.05) is 48.5 Å². The van der Waals surface area contributed by atoms with E-state index in [9.17, 15) is 14.4 Å². The van der Waals surface area contributed by atoms with Gasteiger partial charge in [-0.3, -0.25) is 14.4 Å². The van der Waals surface area contributed by atoms with Gasteiger partial charge in [0.2, 0.25) is 5.43 Å². The Hall–Kier alpha value is -3.87. The van der Waals surface area contributed by atoms with Gasteiger partial charge < -0.3 is 19.1 Å². The summed E-state index contributed by atoms with van der Waals surface area (Å²) in [4.78, 5) is 35.8. The van der Waals surface area contributed by atoms with Gasteiger partial charge >= 0.3 is 11.9 Å². The van der Waals surface area contributed by atoms with Crippen LogP contribution >= 0.6 is 0 Å². The molecular formula is C25H25NO6. The normalized spacial score (nSPS) is 11.5. The van der Waals surface area contributed by atoms with Crippen LogP contribution in [0.25, 0.3) is 0 Å². The summed E-state index contributed by atoms with van der Waals surface area (Å²) < 4.78 is 13.3. The third kappa shape index (κ3) is 6.07. The number of carboxylic acid groups (broad SMARTS) is 1. The summed E-state index contributed by atoms with van der Waals surface area (Å²) in [6, 6.07) is 19.8. The third-order valence-corrected chi connectivity index (χ3v) is 4.82. The fourth-order valence-electron chi connectivity index (χ4n) is 3.39. The van der Waals surface area contributed by atoms with Crippen LogP contribution in [0.4, 0.5) is 0 Å². The molecule has 166 valence electrons. The van der Waals surface area contributed by atoms with Crippen molar-refractivity contribution in [3.63, 3.8) is 0 Å². The predicted molar refractivity (Wildman–Crippen MR) is 118 cm³/mol. The number of nitrogens with zero attached hydrogens (tertiary/aromatic N) is 1. The molecule has 0 bridgehead atoms. The number of esters is 1. The summed E-state index contributed by atoms with van der Waals surface area (Å²) in [6.45, 7) is 1.77. The number of carbonyl (C=O) groups is 2. The number of benzene rings is 2. The molecule has 0 radical (unpaired) electrons. The molecule has 32 heavy (non-hydrogen) atoms. The molecule has 1 heterocycles. The maximum atomic E-state index is 12.8. The van der Waals surface area contributed by atoms with Gasteiger partial charge in [0.05, 0.1) is 0 Å². The number of aromatic nitrogens is 1. The number of pyridine rings is 1. The van der Waals surface area contributed by atoms with E-state index in [4.69, 9.17) is 14.6 Å². The van der Waals surface area contributed by atoms with Crippen LogP contribution in [0.2, 0.25) is 0 Å². The van der Waals surface area contributed by atoms with Crippen molar-refractivity contribution in [2.45, 2.75) is 39.0 Å². The van der Waals surface area contributed by atoms with Crippen LogP contribution in [-0.2, 0) is 27.5 Å². The molecule has 2 aromatic carbocycles. The molecule has 7 nitrogen and oxygen atoms in total. The molecule has 7 heteroatoms. The quantitative estimate of drug-likeness (QED) is 0.485. The molecule has 1 atom stereocenters. The minimum atomic E-state index is -0.909. The lowest BCUT2D eigenvalue weighted by atomic mass is 10.0. The van der Waals surface area contributed by atoms with Crippen LogP contribution in [0.1, 0.15) is 42.7 Å². The predicted octanol–water partition coefficient (Wildman–Crippen LogP) is 3.94. The zero-order valence-electron chi connectivity index (χ0n) is 17.8. The van der Waals surface area contributed by atoms with Crippen molar-refractivity contribution < 1.29 is 24.2 Å². The van der Waals surface area contributed by atoms with Crippen molar-refractivity contribution in [2.75, 3.05) is 0 Å². The molecule has 0 fully saturated rings. The second kappa shape index (κ2) is 10.9. The molecule has 0 aliphatic heterocycles. The van der Waals surface area contributed by atoms with Gasteiger partial charge in [0.25, 0.3) is 0 Å². The zero-order valence-corrected chi connectivity index (χ0v) is 17.8. The molecule has 0 saturated carbocycles. The molecule has 3 aromatic rings. The number of carboxylic acids is 1. The standard InChI is InChI=1S/C25H25NO6/c1-18(27)32-24(20-11-6-3-7-12-20)23-25(31-17-19-9-4-2-5-10-19)21(28)14-16-26(23)15-8-13-22(29)30/h2-7,9-12,14,16,24H,8,13,15,17H2,1H3,(H,29,30). The highest BCUT2D eigenvalue weighted by molar-refractivity contribution is 5.67. The topological polar surface area (TPSA) is 94.8 Å². The Bertz CT molecular complexity index is 1110. The van der Waals surface area contributed by atoms with E-state index in [1.54, 1.807) is 22.9 Å². The number of aryl methyl sites for hydroxylation is 1. The lowest BCUT2D eigenvalue weighted by molar-refractivity contribution is -0.145. The van der Waals surface area contributed by atoms with Gasteiger partial charge in [-0.2, -0.15) is 0 Å². The summed E-state index contributed by atoms with van der Waals surface area (Å²) in [5, 5.41) is 9.02. The number of hydrogen-bond acceptors (Lipinski definition) is 5. The van der Waals surface area contributed by atoms with Crippen LogP contribution in [0.15, 0.2) is 77.7 Å². The number of aliphatic carboxylic acids is 1. The van der Waals surface area contributed by atoms with E-state index in [0.29, 0.717) is 24.2 Å². The minimum Gasteiger partial charge on any atom is -0.483 e. The second-order valence-corrected chi connectivity index (χ2v) is 7.26. The molecule has 1 unspecified atom stereocenters. The monoisotopic (exact) mass is 435 g/mol. The first-order valence-electron chi connectivity index (χ1n) is 10.3. The van der Waals surface area contributed by atoms with Crippen molar-refractivity contribution in [2.24, 2.45) is 0 Å². The number of ether oxygens (including phenoxy) is 2. The molecule has 0 saturated heterocycles. The SMILES string of the molecule is CC(=O)OC(c1ccccc1)c1c(OCc2ccccc2)c(=O)ccn1CCCC(=O)O. The highest BCUT2D eigenvalue weighted by Crippen LogP contribution is 2.32. The summed E-state index contributed by atoms with van der Waals surface area (Å²) >= 11 is 0. The average molecular weight is 435 g/mol. The van der Waals surface area contributed by atoms with Gasteiger partial charge in [0, 0.05) is 32.2 Å². The van der Waals surface area contributed by atoms with E-state index >= 15 is 0 Å². The molecule has 1 aromatic heterocycles. The van der Waals surface area contributed by atoms with Gasteiger partial charge in [-0.1, -0.05) is 60.7 Å². The first-order valence-corrected chi connectivity index (χ1v) is 10.3. The Labute approximate surface area is 185 Å². The van der Waals surface area contributed by atoms with Crippen molar-refractivity contribution in [3.8, 4) is 5.75 Å². The van der Waals surface area contributed by atoms with Gasteiger partial charge in [-0.15, -0.1) is 0 Å². The Morgan fingerprint density at radius 1 is 1.00 bits per heavy atom. The van der Waals surface area contributed by atoms with Gasteiger partial charge in [0.15, 0.2) is 11.9 Å². The smallest absolute Gasteiger partial charge is 0.303 e. The summed E-state index contributed by atoms with van der Waals surface area (Å²) in [5.74, 6) is -1.35. The average Bonchev–Trinajstić information content (AvgIpc) is 2.78. The zero-order chi connectivity index (χ0) is 22.9. The number of rotatable bonds is 10. The van der Waals surface area contributed by atoms with Crippen molar-refractivity contribution in [1.29, 1.82) is 0 Å². The number of hydrogen-bond donors (Lipinski definition) is 1. The van der Waals surface area contributed by atoms with E-state index in [-0.39, 0.29) is 24.2 Å². The van der Waals surface area contributed by atoms with Crippen LogP contribution < -0.4 is 10.2 Å². The lowest BCUT2D eigenvalue weighted by Gasteiger charge is -2.25. The van der Waals surface area contributed by atoms with Crippen molar-refractivity contribution in [1.82, 2.24) is 4.57 Å². The van der Waals surface area contributed by atoms with Gasteiger partial charge in [-0.05, 0) is 17.5 Å². The summed E-state index contributed by atoms with van der Waals surface area (Å²) in [5.41, 5.74) is 1.58. The maximum absolute atomic E-state index is 12.8. The molecule has 3 rings (SSSR count). The van der Waals surface area contributed by atoms with Crippen molar-refractivity contribution >= 4 is 11.9 Å². The summed E-state index contributed by atoms with van der Waals surface area (Å²) in [6.07, 6.45) is 0.993. The molecule has 0 spiro atoms. The van der Waals surface area contributed by atoms with Gasteiger partial charge in [-0.25, -0.2) is 0 Å². The second-order valence-electron chi connectivity index (χ2n) is 7.26. The summed E-state index contributed by atoms with van der Waals surface area (Å²) in [7, 11) is 0. The van der Waals surface area contributed by atoms with Gasteiger partial charge in [0.1, 0.15) is 12.3 Å².